The van der Waals surface area contributed by atoms with Crippen molar-refractivity contribution in [2.45, 2.75) is 51.8 Å². The quantitative estimate of drug-likeness (QED) is 0.922. The summed E-state index contributed by atoms with van der Waals surface area (Å²) in [5.74, 6) is -0.885. The Morgan fingerprint density at radius 3 is 2.35 bits per heavy atom. The SMILES string of the molecule is Cc1noc(C)c1C(C)C(=O)N1CCC(C(O)C(F)(F)F)CC1. The molecule has 1 saturated heterocycles. The number of rotatable bonds is 3. The third-order valence-corrected chi connectivity index (χ3v) is 4.53. The topological polar surface area (TPSA) is 66.6 Å². The van der Waals surface area contributed by atoms with Crippen LogP contribution in [0.15, 0.2) is 4.52 Å². The van der Waals surface area contributed by atoms with Gasteiger partial charge in [0.15, 0.2) is 6.10 Å². The predicted octanol–water partition coefficient (Wildman–Crippen LogP) is 2.56. The lowest BCUT2D eigenvalue weighted by Gasteiger charge is -2.35. The van der Waals surface area contributed by atoms with E-state index in [4.69, 9.17) is 4.52 Å². The number of aryl methyl sites for hydroxylation is 2. The molecule has 0 aromatic carbocycles. The molecule has 23 heavy (non-hydrogen) atoms. The smallest absolute Gasteiger partial charge is 0.383 e. The van der Waals surface area contributed by atoms with Crippen LogP contribution in [-0.2, 0) is 4.79 Å². The first-order valence-electron chi connectivity index (χ1n) is 7.59. The summed E-state index contributed by atoms with van der Waals surface area (Å²) < 4.78 is 42.7. The van der Waals surface area contributed by atoms with Crippen LogP contribution >= 0.6 is 0 Å². The minimum Gasteiger partial charge on any atom is -0.383 e. The number of aliphatic hydroxyl groups excluding tert-OH is 1. The van der Waals surface area contributed by atoms with E-state index in [0.29, 0.717) is 11.5 Å². The molecule has 1 aliphatic rings. The van der Waals surface area contributed by atoms with Crippen LogP contribution in [0.5, 0.6) is 0 Å². The van der Waals surface area contributed by atoms with E-state index in [-0.39, 0.29) is 31.8 Å². The summed E-state index contributed by atoms with van der Waals surface area (Å²) in [7, 11) is 0. The van der Waals surface area contributed by atoms with Crippen LogP contribution in [0.3, 0.4) is 0 Å². The molecule has 0 bridgehead atoms. The van der Waals surface area contributed by atoms with E-state index in [2.05, 4.69) is 5.16 Å². The summed E-state index contributed by atoms with van der Waals surface area (Å²) in [4.78, 5) is 14.1. The number of hydrogen-bond acceptors (Lipinski definition) is 4. The Balaban J connectivity index is 1.99. The Bertz CT molecular complexity index is 543. The highest BCUT2D eigenvalue weighted by Gasteiger charge is 2.44. The van der Waals surface area contributed by atoms with Crippen molar-refractivity contribution in [2.75, 3.05) is 13.1 Å². The summed E-state index contributed by atoms with van der Waals surface area (Å²) >= 11 is 0. The van der Waals surface area contributed by atoms with E-state index >= 15 is 0 Å². The minimum atomic E-state index is -4.61. The number of amides is 1. The maximum Gasteiger partial charge on any atom is 0.414 e. The predicted molar refractivity (Wildman–Crippen MR) is 75.8 cm³/mol. The van der Waals surface area contributed by atoms with Gasteiger partial charge in [0.1, 0.15) is 5.76 Å². The zero-order chi connectivity index (χ0) is 17.4. The molecule has 1 amide bonds. The monoisotopic (exact) mass is 334 g/mol. The highest BCUT2D eigenvalue weighted by molar-refractivity contribution is 5.83. The van der Waals surface area contributed by atoms with Crippen LogP contribution in [0.1, 0.15) is 42.7 Å². The van der Waals surface area contributed by atoms with Crippen molar-refractivity contribution in [3.05, 3.63) is 17.0 Å². The molecule has 0 spiro atoms. The average Bonchev–Trinajstić information content (AvgIpc) is 2.83. The fourth-order valence-corrected chi connectivity index (χ4v) is 3.21. The molecule has 1 N–H and O–H groups in total. The number of nitrogens with zero attached hydrogens (tertiary/aromatic N) is 2. The minimum absolute atomic E-state index is 0.140. The Morgan fingerprint density at radius 2 is 1.91 bits per heavy atom. The van der Waals surface area contributed by atoms with Crippen LogP contribution in [0.2, 0.25) is 0 Å². The number of aromatic nitrogens is 1. The first kappa shape index (κ1) is 17.8. The number of carbonyl (C=O) groups excluding carboxylic acids is 1. The number of likely N-dealkylation sites (tertiary alicyclic amines) is 1. The lowest BCUT2D eigenvalue weighted by Crippen LogP contribution is -2.46. The number of hydrogen-bond donors (Lipinski definition) is 1. The van der Waals surface area contributed by atoms with Crippen LogP contribution in [0.25, 0.3) is 0 Å². The third kappa shape index (κ3) is 3.68. The van der Waals surface area contributed by atoms with Gasteiger partial charge >= 0.3 is 6.18 Å². The molecule has 0 radical (unpaired) electrons. The molecule has 1 aromatic rings. The Hall–Kier alpha value is -1.57. The van der Waals surface area contributed by atoms with Gasteiger partial charge < -0.3 is 14.5 Å². The van der Waals surface area contributed by atoms with Crippen LogP contribution in [0, 0.1) is 19.8 Å². The average molecular weight is 334 g/mol. The van der Waals surface area contributed by atoms with Gasteiger partial charge in [0.2, 0.25) is 5.91 Å². The summed E-state index contributed by atoms with van der Waals surface area (Å²) in [6.45, 7) is 5.65. The van der Waals surface area contributed by atoms with E-state index in [1.54, 1.807) is 25.7 Å². The van der Waals surface area contributed by atoms with E-state index in [0.717, 1.165) is 5.56 Å². The standard InChI is InChI=1S/C15H21F3N2O3/c1-8(12-9(2)19-23-10(12)3)14(22)20-6-4-11(5-7-20)13(21)15(16,17)18/h8,11,13,21H,4-7H2,1-3H3. The molecule has 2 rings (SSSR count). The first-order valence-corrected chi connectivity index (χ1v) is 7.59. The van der Waals surface area contributed by atoms with Crippen molar-refractivity contribution >= 4 is 5.91 Å². The van der Waals surface area contributed by atoms with Gasteiger partial charge in [-0.15, -0.1) is 0 Å². The summed E-state index contributed by atoms with van der Waals surface area (Å²) in [5, 5.41) is 13.1. The number of aliphatic hydroxyl groups is 1. The fourth-order valence-electron chi connectivity index (χ4n) is 3.21. The maximum atomic E-state index is 12.5. The van der Waals surface area contributed by atoms with Crippen LogP contribution in [0.4, 0.5) is 13.2 Å². The molecule has 8 heteroatoms. The van der Waals surface area contributed by atoms with Crippen molar-refractivity contribution in [2.24, 2.45) is 5.92 Å². The molecule has 130 valence electrons. The third-order valence-electron chi connectivity index (χ3n) is 4.53. The maximum absolute atomic E-state index is 12.5. The normalized spacial score (nSPS) is 19.7. The van der Waals surface area contributed by atoms with Gasteiger partial charge in [0, 0.05) is 18.7 Å². The second-order valence-electron chi connectivity index (χ2n) is 6.11. The van der Waals surface area contributed by atoms with E-state index in [9.17, 15) is 23.1 Å². The van der Waals surface area contributed by atoms with Crippen molar-refractivity contribution < 1.29 is 27.6 Å². The highest BCUT2D eigenvalue weighted by atomic mass is 19.4. The van der Waals surface area contributed by atoms with Crippen molar-refractivity contribution in [3.8, 4) is 0 Å². The molecule has 1 aromatic heterocycles. The number of halogens is 3. The molecule has 1 aliphatic heterocycles. The van der Waals surface area contributed by atoms with Crippen LogP contribution < -0.4 is 0 Å². The molecular weight excluding hydrogens is 313 g/mol. The lowest BCUT2D eigenvalue weighted by molar-refractivity contribution is -0.223. The second-order valence-corrected chi connectivity index (χ2v) is 6.11. The Kier molecular flexibility index (Phi) is 5.03. The molecular formula is C15H21F3N2O3. The fraction of sp³-hybridized carbons (Fsp3) is 0.733. The summed E-state index contributed by atoms with van der Waals surface area (Å²) in [5.41, 5.74) is 1.37. The number of carbonyl (C=O) groups is 1. The summed E-state index contributed by atoms with van der Waals surface area (Å²) in [6.07, 6.45) is -6.65. The molecule has 5 nitrogen and oxygen atoms in total. The van der Waals surface area contributed by atoms with E-state index in [1.807, 2.05) is 0 Å². The summed E-state index contributed by atoms with van der Waals surface area (Å²) in [6, 6.07) is 0. The largest absolute Gasteiger partial charge is 0.414 e. The van der Waals surface area contributed by atoms with Crippen LogP contribution in [-0.4, -0.2) is 46.4 Å². The Morgan fingerprint density at radius 1 is 1.35 bits per heavy atom. The molecule has 1 fully saturated rings. The highest BCUT2D eigenvalue weighted by Crippen LogP contribution is 2.33. The zero-order valence-electron chi connectivity index (χ0n) is 13.4. The Labute approximate surface area is 132 Å². The lowest BCUT2D eigenvalue weighted by atomic mass is 9.89. The van der Waals surface area contributed by atoms with Gasteiger partial charge in [0.25, 0.3) is 0 Å². The number of alkyl halides is 3. The first-order chi connectivity index (χ1) is 10.6. The van der Waals surface area contributed by atoms with Gasteiger partial charge in [-0.3, -0.25) is 4.79 Å². The second kappa shape index (κ2) is 6.51. The van der Waals surface area contributed by atoms with E-state index < -0.39 is 24.1 Å². The molecule has 2 atom stereocenters. The van der Waals surface area contributed by atoms with Gasteiger partial charge in [-0.1, -0.05) is 5.16 Å². The molecule has 2 heterocycles. The molecule has 0 saturated carbocycles. The van der Waals surface area contributed by atoms with Crippen molar-refractivity contribution in [1.82, 2.24) is 10.1 Å². The van der Waals surface area contributed by atoms with Gasteiger partial charge in [-0.25, -0.2) is 0 Å². The zero-order valence-corrected chi connectivity index (χ0v) is 13.4. The van der Waals surface area contributed by atoms with Gasteiger partial charge in [-0.05, 0) is 39.5 Å². The van der Waals surface area contributed by atoms with Crippen molar-refractivity contribution in [3.63, 3.8) is 0 Å². The van der Waals surface area contributed by atoms with E-state index in [1.165, 1.54) is 0 Å². The van der Waals surface area contributed by atoms with Gasteiger partial charge in [0.05, 0.1) is 11.6 Å². The number of piperidine rings is 1. The molecule has 2 unspecified atom stereocenters. The van der Waals surface area contributed by atoms with Crippen molar-refractivity contribution in [1.29, 1.82) is 0 Å². The molecule has 0 aliphatic carbocycles. The van der Waals surface area contributed by atoms with Gasteiger partial charge in [-0.2, -0.15) is 13.2 Å².